The van der Waals surface area contributed by atoms with Crippen molar-refractivity contribution in [2.24, 2.45) is 11.8 Å². The molecule has 1 spiro atoms. The Morgan fingerprint density at radius 1 is 0.783 bits per heavy atom. The first kappa shape index (κ1) is 48.9. The van der Waals surface area contributed by atoms with Crippen LogP contribution >= 0.6 is 0 Å². The number of amides is 2. The van der Waals surface area contributed by atoms with E-state index < -0.39 is 38.5 Å². The Hall–Kier alpha value is -2.38. The molecule has 1 N–H and O–H groups in total. The number of benzene rings is 1. The highest BCUT2D eigenvalue weighted by atomic mass is 28.4. The van der Waals surface area contributed by atoms with E-state index in [0.717, 1.165) is 56.1 Å². The Morgan fingerprint density at radius 2 is 1.46 bits per heavy atom. The highest BCUT2D eigenvalue weighted by molar-refractivity contribution is 6.74. The predicted molar refractivity (Wildman–Crippen MR) is 256 cm³/mol. The number of nitrogens with zero attached hydrogens (tertiary/aromatic N) is 1. The summed E-state index contributed by atoms with van der Waals surface area (Å²) < 4.78 is 69.0. The number of hydrogen-bond donors (Lipinski definition) is 1. The molecule has 10 saturated heterocycles. The number of rotatable bonds is 7. The van der Waals surface area contributed by atoms with Gasteiger partial charge in [0, 0.05) is 38.7 Å². The molecule has 380 valence electrons. The maximum absolute atomic E-state index is 13.8. The van der Waals surface area contributed by atoms with Crippen LogP contribution in [0.5, 0.6) is 0 Å². The number of aliphatic hydroxyl groups excluding tert-OH is 1. The smallest absolute Gasteiger partial charge is 0.261 e. The third-order valence-electron chi connectivity index (χ3n) is 18.4. The van der Waals surface area contributed by atoms with Crippen molar-refractivity contribution in [1.82, 2.24) is 4.90 Å². The minimum Gasteiger partial charge on any atom is -0.412 e. The molecular weight excluding hydrogens is 899 g/mol. The van der Waals surface area contributed by atoms with Gasteiger partial charge in [-0.05, 0) is 105 Å². The molecule has 11 aliphatic heterocycles. The maximum Gasteiger partial charge on any atom is 0.261 e. The van der Waals surface area contributed by atoms with E-state index in [1.807, 2.05) is 0 Å². The number of methoxy groups -OCH3 is 1. The van der Waals surface area contributed by atoms with Gasteiger partial charge in [-0.3, -0.25) is 14.5 Å². The Balaban J connectivity index is 0.881. The molecule has 69 heavy (non-hydrogen) atoms. The van der Waals surface area contributed by atoms with Gasteiger partial charge in [0.15, 0.2) is 14.1 Å². The number of fused-ring (bicyclic) bond motifs is 7. The Kier molecular flexibility index (Phi) is 13.1. The lowest BCUT2D eigenvalue weighted by atomic mass is 9.81. The van der Waals surface area contributed by atoms with Crippen LogP contribution < -0.4 is 0 Å². The van der Waals surface area contributed by atoms with E-state index in [0.29, 0.717) is 49.7 Å². The lowest BCUT2D eigenvalue weighted by Crippen LogP contribution is -2.61. The summed E-state index contributed by atoms with van der Waals surface area (Å²) in [5.74, 6) is -1.42. The fourth-order valence-electron chi connectivity index (χ4n) is 13.7. The van der Waals surface area contributed by atoms with Crippen molar-refractivity contribution in [2.75, 3.05) is 13.7 Å². The van der Waals surface area contributed by atoms with Crippen LogP contribution in [0.4, 0.5) is 0 Å². The van der Waals surface area contributed by atoms with E-state index in [4.69, 9.17) is 47.1 Å². The van der Waals surface area contributed by atoms with Crippen molar-refractivity contribution in [3.8, 4) is 0 Å². The fraction of sp³-hybridized carbons (Fsp3) is 0.778. The van der Waals surface area contributed by atoms with E-state index in [1.165, 1.54) is 4.90 Å². The topological polar surface area (TPSA) is 150 Å². The second-order valence-electron chi connectivity index (χ2n) is 24.0. The molecule has 0 aromatic heterocycles. The summed E-state index contributed by atoms with van der Waals surface area (Å²) in [5.41, 5.74) is 3.00. The van der Waals surface area contributed by atoms with E-state index in [-0.39, 0.29) is 115 Å². The molecule has 1 aromatic rings. The minimum atomic E-state index is -2.45. The molecule has 6 unspecified atom stereocenters. The molecule has 20 atom stereocenters. The molecular formula is C54H77NO13Si. The lowest BCUT2D eigenvalue weighted by Gasteiger charge is -2.47. The van der Waals surface area contributed by atoms with Crippen LogP contribution in [-0.2, 0) is 47.1 Å². The molecule has 11 aliphatic rings. The summed E-state index contributed by atoms with van der Waals surface area (Å²) in [5, 5.41) is 12.1. The van der Waals surface area contributed by atoms with E-state index in [9.17, 15) is 14.7 Å². The molecule has 10 fully saturated rings. The van der Waals surface area contributed by atoms with Crippen molar-refractivity contribution in [3.63, 3.8) is 0 Å². The third kappa shape index (κ3) is 9.02. The van der Waals surface area contributed by atoms with Crippen molar-refractivity contribution in [3.05, 3.63) is 59.7 Å². The van der Waals surface area contributed by atoms with E-state index >= 15 is 0 Å². The Bertz CT molecular complexity index is 2110. The van der Waals surface area contributed by atoms with Gasteiger partial charge in [0.25, 0.3) is 11.8 Å². The zero-order valence-electron chi connectivity index (χ0n) is 41.9. The molecule has 2 amide bonds. The number of aliphatic hydroxyl groups is 1. The molecule has 0 saturated carbocycles. The highest BCUT2D eigenvalue weighted by Gasteiger charge is 2.69. The first-order valence-electron chi connectivity index (χ1n) is 26.4. The Morgan fingerprint density at radius 3 is 2.20 bits per heavy atom. The van der Waals surface area contributed by atoms with Crippen LogP contribution in [0.3, 0.4) is 0 Å². The second kappa shape index (κ2) is 18.5. The number of ether oxygens (including phenoxy) is 9. The van der Waals surface area contributed by atoms with E-state index in [2.05, 4.69) is 53.9 Å². The van der Waals surface area contributed by atoms with Crippen LogP contribution in [0.25, 0.3) is 0 Å². The number of hydrogen-bond acceptors (Lipinski definition) is 13. The summed E-state index contributed by atoms with van der Waals surface area (Å²) in [7, 11) is -0.732. The quantitative estimate of drug-likeness (QED) is 0.163. The molecule has 12 rings (SSSR count). The third-order valence-corrected chi connectivity index (χ3v) is 22.9. The van der Waals surface area contributed by atoms with Gasteiger partial charge in [-0.15, -0.1) is 0 Å². The van der Waals surface area contributed by atoms with E-state index in [1.54, 1.807) is 31.4 Å². The summed E-state index contributed by atoms with van der Waals surface area (Å²) in [4.78, 5) is 29.0. The van der Waals surface area contributed by atoms with Gasteiger partial charge >= 0.3 is 0 Å². The van der Waals surface area contributed by atoms with Crippen LogP contribution in [0.2, 0.25) is 18.1 Å². The first-order valence-corrected chi connectivity index (χ1v) is 29.3. The van der Waals surface area contributed by atoms with Crippen LogP contribution in [-0.4, -0.2) is 153 Å². The van der Waals surface area contributed by atoms with Gasteiger partial charge in [0.2, 0.25) is 0 Å². The molecule has 15 heteroatoms. The average molecular weight is 976 g/mol. The van der Waals surface area contributed by atoms with Crippen LogP contribution in [0.15, 0.2) is 48.6 Å². The second-order valence-corrected chi connectivity index (χ2v) is 28.7. The maximum atomic E-state index is 13.8. The van der Waals surface area contributed by atoms with Crippen molar-refractivity contribution >= 4 is 20.1 Å². The average Bonchev–Trinajstić information content (AvgIpc) is 4.03. The van der Waals surface area contributed by atoms with Gasteiger partial charge in [0.1, 0.15) is 30.5 Å². The zero-order valence-corrected chi connectivity index (χ0v) is 42.9. The zero-order chi connectivity index (χ0) is 48.3. The molecule has 11 heterocycles. The number of imide groups is 1. The van der Waals surface area contributed by atoms with Crippen LogP contribution in [0.1, 0.15) is 132 Å². The lowest BCUT2D eigenvalue weighted by molar-refractivity contribution is -0.294. The molecule has 0 radical (unpaired) electrons. The molecule has 1 aromatic carbocycles. The van der Waals surface area contributed by atoms with Crippen molar-refractivity contribution in [2.45, 2.75) is 239 Å². The summed E-state index contributed by atoms with van der Waals surface area (Å²) >= 11 is 0. The van der Waals surface area contributed by atoms with Crippen LogP contribution in [0, 0.1) is 11.8 Å². The first-order chi connectivity index (χ1) is 32.9. The standard InChI is InChI=1S/C54H77NO13Si/c1-28-20-32-14-16-39-29(2)21-34(60-39)18-19-54-26-44-47(66-54)48-49(65-44)50(67-54)46-40(64-48)17-15-33(62-46)22-31(56)23-38-42(25-41(61-32)30(28)3)63-43(45(38)59-7)24-35(68-69(8,9)53(4,5)6)27-55-51(57)36-12-10-11-13-37(36)52(55)58/h10-13,28,31-35,38-50,56H,2-3,14-27H2,1,4-9H3/t28-,31?,32+,33?,34+,35+,38+,39?,40+,41?,42+,43?,44-,45-,46+,47+,48+,49-,50+,54?/m1/s1. The number of carbonyl (C=O) groups is 2. The minimum absolute atomic E-state index is 0.000633. The normalized spacial score (nSPS) is 44.8. The largest absolute Gasteiger partial charge is 0.412 e. The summed E-state index contributed by atoms with van der Waals surface area (Å²) in [6, 6.07) is 7.00. The van der Waals surface area contributed by atoms with Gasteiger partial charge in [-0.1, -0.05) is 53.0 Å². The summed E-state index contributed by atoms with van der Waals surface area (Å²) in [6.07, 6.45) is 4.12. The van der Waals surface area contributed by atoms with Crippen molar-refractivity contribution in [1.29, 1.82) is 0 Å². The molecule has 0 aliphatic carbocycles. The fourth-order valence-corrected chi connectivity index (χ4v) is 15.1. The van der Waals surface area contributed by atoms with Gasteiger partial charge in [-0.2, -0.15) is 0 Å². The Labute approximate surface area is 409 Å². The van der Waals surface area contributed by atoms with Gasteiger partial charge < -0.3 is 52.2 Å². The monoisotopic (exact) mass is 976 g/mol. The summed E-state index contributed by atoms with van der Waals surface area (Å²) in [6.45, 7) is 22.4. The highest BCUT2D eigenvalue weighted by Crippen LogP contribution is 2.55. The number of carbonyl (C=O) groups excluding carboxylic acids is 2. The van der Waals surface area contributed by atoms with Gasteiger partial charge in [0.05, 0.1) is 90.9 Å². The predicted octanol–water partition coefficient (Wildman–Crippen LogP) is 7.60. The molecule has 12 bridgehead atoms. The van der Waals surface area contributed by atoms with Crippen molar-refractivity contribution < 1.29 is 61.8 Å². The SMILES string of the molecule is C=C1C[C@@H]2CCC34C[C@H]5O[C@H]6[C@@H](O3)[C@H]3OC(CC[C@@H]3O[C@H]6[C@H]5O4)CC(O)C[C@H]3[C@H](CC4O[C@@H](CCC1O2)C[C@@H](C)C4=C)OC(C[C@@H](CN1C(=O)c2ccccc2C1=O)O[Si](C)(C)C(C)(C)C)[C@@H]3OC. The molecule has 14 nitrogen and oxygen atoms in total. The van der Waals surface area contributed by atoms with Gasteiger partial charge in [-0.25, -0.2) is 0 Å².